The Hall–Kier alpha value is -1.41. The Labute approximate surface area is 170 Å². The van der Waals surface area contributed by atoms with Gasteiger partial charge < -0.3 is 15.6 Å². The van der Waals surface area contributed by atoms with Crippen LogP contribution < -0.4 is 11.1 Å². The van der Waals surface area contributed by atoms with Crippen molar-refractivity contribution < 1.29 is 4.79 Å². The maximum absolute atomic E-state index is 11.4. The molecular weight excluding hydrogens is 382 g/mol. The number of aromatic nitrogens is 2. The van der Waals surface area contributed by atoms with Crippen LogP contribution in [0.15, 0.2) is 23.8 Å². The number of imidazole rings is 1. The van der Waals surface area contributed by atoms with E-state index < -0.39 is 0 Å². The monoisotopic (exact) mass is 409 g/mol. The smallest absolute Gasteiger partial charge is 0.249 e. The van der Waals surface area contributed by atoms with E-state index in [4.69, 9.17) is 5.73 Å². The highest BCUT2D eigenvalue weighted by molar-refractivity contribution is 7.10. The Morgan fingerprint density at radius 2 is 2.22 bits per heavy atom. The number of aryl methyl sites for hydroxylation is 1. The van der Waals surface area contributed by atoms with Crippen LogP contribution in [0.4, 0.5) is 0 Å². The van der Waals surface area contributed by atoms with Crippen molar-refractivity contribution in [3.63, 3.8) is 0 Å². The Bertz CT molecular complexity index is 783. The Balaban J connectivity index is 0.00000210. The van der Waals surface area contributed by atoms with E-state index in [1.165, 1.54) is 24.1 Å². The van der Waals surface area contributed by atoms with Gasteiger partial charge in [-0.3, -0.25) is 9.69 Å². The van der Waals surface area contributed by atoms with Crippen molar-refractivity contribution in [3.05, 3.63) is 40.1 Å². The van der Waals surface area contributed by atoms with Gasteiger partial charge in [-0.2, -0.15) is 0 Å². The first-order valence-corrected chi connectivity index (χ1v) is 10.3. The third-order valence-corrected chi connectivity index (χ3v) is 6.89. The second-order valence-electron chi connectivity index (χ2n) is 7.53. The molecule has 1 saturated heterocycles. The number of amides is 1. The number of carbonyl (C=O) groups is 1. The minimum atomic E-state index is -0.346. The number of primary amides is 1. The van der Waals surface area contributed by atoms with Crippen LogP contribution in [0, 0.1) is 5.41 Å². The lowest BCUT2D eigenvalue weighted by molar-refractivity contribution is 0.100. The number of rotatable bonds is 7. The molecule has 1 unspecified atom stereocenters. The van der Waals surface area contributed by atoms with E-state index in [-0.39, 0.29) is 18.3 Å². The third kappa shape index (κ3) is 4.21. The molecule has 6 nitrogen and oxygen atoms in total. The first-order chi connectivity index (χ1) is 12.6. The van der Waals surface area contributed by atoms with Crippen molar-refractivity contribution in [1.82, 2.24) is 19.8 Å². The molecule has 8 heteroatoms. The summed E-state index contributed by atoms with van der Waals surface area (Å²) >= 11 is 1.63. The molecule has 1 saturated carbocycles. The van der Waals surface area contributed by atoms with E-state index in [2.05, 4.69) is 32.9 Å². The molecule has 2 fully saturated rings. The van der Waals surface area contributed by atoms with Gasteiger partial charge in [-0.05, 0) is 50.8 Å². The van der Waals surface area contributed by atoms with Gasteiger partial charge in [0.1, 0.15) is 5.82 Å². The molecule has 1 amide bonds. The fourth-order valence-electron chi connectivity index (χ4n) is 4.34. The average Bonchev–Trinajstić information content (AvgIpc) is 3.02. The molecule has 1 aliphatic carbocycles. The zero-order chi connectivity index (χ0) is 18.1. The van der Waals surface area contributed by atoms with Gasteiger partial charge >= 0.3 is 0 Å². The van der Waals surface area contributed by atoms with Crippen molar-refractivity contribution in [3.8, 4) is 0 Å². The molecule has 3 N–H and O–H groups in total. The van der Waals surface area contributed by atoms with Crippen LogP contribution in [0.25, 0.3) is 0 Å². The van der Waals surface area contributed by atoms with Crippen LogP contribution in [0.3, 0.4) is 0 Å². The normalized spacial score (nSPS) is 20.6. The summed E-state index contributed by atoms with van der Waals surface area (Å²) in [7, 11) is 0. The van der Waals surface area contributed by atoms with E-state index in [9.17, 15) is 4.79 Å². The number of hydrogen-bond acceptors (Lipinski definition) is 5. The molecule has 1 aliphatic heterocycles. The third-order valence-electron chi connectivity index (χ3n) is 5.97. The second-order valence-corrected chi connectivity index (χ2v) is 8.53. The lowest BCUT2D eigenvalue weighted by atomic mass is 9.93. The average molecular weight is 410 g/mol. The molecule has 2 aliphatic rings. The molecule has 0 radical (unpaired) electrons. The molecule has 148 valence electrons. The summed E-state index contributed by atoms with van der Waals surface area (Å²) < 4.78 is 2.22. The Kier molecular flexibility index (Phi) is 6.25. The summed E-state index contributed by atoms with van der Waals surface area (Å²) in [6.07, 6.45) is 7.73. The summed E-state index contributed by atoms with van der Waals surface area (Å²) in [6.45, 7) is 7.05. The highest BCUT2D eigenvalue weighted by Crippen LogP contribution is 2.56. The fourth-order valence-corrected chi connectivity index (χ4v) is 5.23. The van der Waals surface area contributed by atoms with Crippen LogP contribution in [0.1, 0.15) is 47.2 Å². The highest BCUT2D eigenvalue weighted by Gasteiger charge is 2.56. The molecule has 1 spiro atoms. The first kappa shape index (κ1) is 20.3. The molecule has 0 bridgehead atoms. The molecule has 3 heterocycles. The lowest BCUT2D eigenvalue weighted by Gasteiger charge is -2.29. The summed E-state index contributed by atoms with van der Waals surface area (Å²) in [5.74, 6) is 0.775. The molecular formula is C19H28ClN5OS. The predicted octanol–water partition coefficient (Wildman–Crippen LogP) is 2.63. The topological polar surface area (TPSA) is 76.2 Å². The molecule has 27 heavy (non-hydrogen) atoms. The second kappa shape index (κ2) is 8.31. The number of halogens is 1. The molecule has 1 atom stereocenters. The van der Waals surface area contributed by atoms with Gasteiger partial charge in [0.05, 0.1) is 12.1 Å². The van der Waals surface area contributed by atoms with Gasteiger partial charge in [0.2, 0.25) is 5.91 Å². The van der Waals surface area contributed by atoms with Crippen LogP contribution >= 0.6 is 23.7 Å². The predicted molar refractivity (Wildman–Crippen MR) is 110 cm³/mol. The summed E-state index contributed by atoms with van der Waals surface area (Å²) in [4.78, 5) is 19.8. The zero-order valence-electron chi connectivity index (χ0n) is 15.7. The summed E-state index contributed by atoms with van der Waals surface area (Å²) in [5.41, 5.74) is 6.51. The Morgan fingerprint density at radius 1 is 1.44 bits per heavy atom. The van der Waals surface area contributed by atoms with Crippen molar-refractivity contribution in [1.29, 1.82) is 0 Å². The van der Waals surface area contributed by atoms with Gasteiger partial charge in [0.15, 0.2) is 0 Å². The number of nitrogens with two attached hydrogens (primary N) is 1. The van der Waals surface area contributed by atoms with E-state index in [0.717, 1.165) is 38.5 Å². The summed E-state index contributed by atoms with van der Waals surface area (Å²) in [5, 5.41) is 5.36. The van der Waals surface area contributed by atoms with E-state index in [1.807, 2.05) is 17.6 Å². The van der Waals surface area contributed by atoms with E-state index >= 15 is 0 Å². The maximum Gasteiger partial charge on any atom is 0.249 e. The quantitative estimate of drug-likeness (QED) is 0.737. The Morgan fingerprint density at radius 3 is 2.89 bits per heavy atom. The molecule has 2 aromatic rings. The number of piperidine rings is 1. The molecule has 4 rings (SSSR count). The van der Waals surface area contributed by atoms with E-state index in [0.29, 0.717) is 17.0 Å². The number of thiophene rings is 1. The number of hydrogen-bond donors (Lipinski definition) is 2. The SMILES string of the molecule is CCn1ccnc1CN(Cc1cc(C(N)=O)cs1)C1CC12CCNCC2.Cl. The van der Waals surface area contributed by atoms with Gasteiger partial charge in [-0.15, -0.1) is 23.7 Å². The van der Waals surface area contributed by atoms with Crippen molar-refractivity contribution in [2.45, 2.75) is 51.9 Å². The first-order valence-electron chi connectivity index (χ1n) is 9.43. The van der Waals surface area contributed by atoms with Crippen molar-refractivity contribution in [2.24, 2.45) is 11.1 Å². The van der Waals surface area contributed by atoms with Crippen molar-refractivity contribution >= 4 is 29.7 Å². The van der Waals surface area contributed by atoms with Crippen LogP contribution in [-0.2, 0) is 19.6 Å². The summed E-state index contributed by atoms with van der Waals surface area (Å²) in [6, 6.07) is 2.55. The molecule has 0 aromatic carbocycles. The van der Waals surface area contributed by atoms with Gasteiger partial charge in [0, 0.05) is 41.8 Å². The minimum Gasteiger partial charge on any atom is -0.366 e. The largest absolute Gasteiger partial charge is 0.366 e. The number of nitrogens with zero attached hydrogens (tertiary/aromatic N) is 3. The standard InChI is InChI=1S/C19H27N5OS.ClH/c1-2-23-8-7-22-17(23)12-24(11-15-9-14(13-26-15)18(20)25)16-10-19(16)3-5-21-6-4-19;/h7-9,13,16,21H,2-6,10-12H2,1H3,(H2,20,25);1H. The van der Waals surface area contributed by atoms with Crippen LogP contribution in [-0.4, -0.2) is 39.5 Å². The van der Waals surface area contributed by atoms with E-state index in [1.54, 1.807) is 11.3 Å². The van der Waals surface area contributed by atoms with Gasteiger partial charge in [-0.25, -0.2) is 4.98 Å². The number of nitrogens with one attached hydrogen (secondary N) is 1. The van der Waals surface area contributed by atoms with Crippen LogP contribution in [0.5, 0.6) is 0 Å². The fraction of sp³-hybridized carbons (Fsp3) is 0.579. The maximum atomic E-state index is 11.4. The minimum absolute atomic E-state index is 0. The lowest BCUT2D eigenvalue weighted by Crippen LogP contribution is -2.36. The number of carbonyl (C=O) groups excluding carboxylic acids is 1. The highest BCUT2D eigenvalue weighted by atomic mass is 35.5. The zero-order valence-corrected chi connectivity index (χ0v) is 17.3. The molecule has 2 aromatic heterocycles. The van der Waals surface area contributed by atoms with Gasteiger partial charge in [0.25, 0.3) is 0 Å². The van der Waals surface area contributed by atoms with Crippen molar-refractivity contribution in [2.75, 3.05) is 13.1 Å². The van der Waals surface area contributed by atoms with Gasteiger partial charge in [-0.1, -0.05) is 0 Å². The van der Waals surface area contributed by atoms with Crippen LogP contribution in [0.2, 0.25) is 0 Å².